The summed E-state index contributed by atoms with van der Waals surface area (Å²) in [7, 11) is 0. The van der Waals surface area contributed by atoms with Crippen LogP contribution >= 0.6 is 0 Å². The number of ketones is 2. The van der Waals surface area contributed by atoms with Crippen molar-refractivity contribution in [2.75, 3.05) is 5.73 Å². The first-order chi connectivity index (χ1) is 13.8. The standard InChI is InChI=1S/C22H20N2O5/c1-3-13-17(23)16-14(24(13)10-12-7-5-4-6-8-12)9-11(2)15-18(25)19(26)21(22(27)28)29-20(15)16/h4-9,21H,3,10,23H2,1-2H3,(H,27,28). The van der Waals surface area contributed by atoms with Gasteiger partial charge >= 0.3 is 5.97 Å². The Balaban J connectivity index is 2.01. The van der Waals surface area contributed by atoms with Gasteiger partial charge in [0.2, 0.25) is 5.78 Å². The maximum absolute atomic E-state index is 12.6. The molecule has 0 radical (unpaired) electrons. The van der Waals surface area contributed by atoms with Gasteiger partial charge in [-0.1, -0.05) is 37.3 Å². The van der Waals surface area contributed by atoms with Crippen molar-refractivity contribution in [2.45, 2.75) is 32.9 Å². The van der Waals surface area contributed by atoms with E-state index < -0.39 is 23.6 Å². The Morgan fingerprint density at radius 1 is 1.24 bits per heavy atom. The number of carboxylic acid groups (broad SMARTS) is 1. The summed E-state index contributed by atoms with van der Waals surface area (Å²) < 4.78 is 7.60. The van der Waals surface area contributed by atoms with Gasteiger partial charge in [-0.25, -0.2) is 4.79 Å². The lowest BCUT2D eigenvalue weighted by molar-refractivity contribution is -0.149. The fourth-order valence-corrected chi connectivity index (χ4v) is 3.98. The minimum atomic E-state index is -1.86. The quantitative estimate of drug-likeness (QED) is 0.522. The van der Waals surface area contributed by atoms with E-state index in [0.29, 0.717) is 29.6 Å². The molecule has 148 valence electrons. The molecule has 3 aromatic rings. The number of carboxylic acids is 1. The highest BCUT2D eigenvalue weighted by Gasteiger charge is 2.42. The molecular weight excluding hydrogens is 372 g/mol. The topological polar surface area (TPSA) is 112 Å². The third-order valence-corrected chi connectivity index (χ3v) is 5.32. The van der Waals surface area contributed by atoms with Gasteiger partial charge in [0.25, 0.3) is 11.9 Å². The van der Waals surface area contributed by atoms with Gasteiger partial charge in [0.15, 0.2) is 0 Å². The molecular formula is C22H20N2O5. The molecule has 1 atom stereocenters. The summed E-state index contributed by atoms with van der Waals surface area (Å²) in [4.78, 5) is 36.3. The summed E-state index contributed by atoms with van der Waals surface area (Å²) in [5, 5.41) is 9.81. The molecule has 2 heterocycles. The number of nitrogens with two attached hydrogens (primary N) is 1. The summed E-state index contributed by atoms with van der Waals surface area (Å²) in [6.45, 7) is 4.24. The summed E-state index contributed by atoms with van der Waals surface area (Å²) in [5.74, 6) is -3.35. The largest absolute Gasteiger partial charge is 0.478 e. The van der Waals surface area contributed by atoms with E-state index in [9.17, 15) is 19.5 Å². The molecule has 3 N–H and O–H groups in total. The Labute approximate surface area is 166 Å². The monoisotopic (exact) mass is 392 g/mol. The number of carbonyl (C=O) groups is 3. The van der Waals surface area contributed by atoms with E-state index in [-0.39, 0.29) is 11.3 Å². The molecule has 7 nitrogen and oxygen atoms in total. The zero-order chi connectivity index (χ0) is 20.9. The van der Waals surface area contributed by atoms with E-state index in [1.165, 1.54) is 0 Å². The third-order valence-electron chi connectivity index (χ3n) is 5.32. The van der Waals surface area contributed by atoms with Gasteiger partial charge in [-0.15, -0.1) is 0 Å². The second kappa shape index (κ2) is 6.77. The second-order valence-electron chi connectivity index (χ2n) is 7.11. The van der Waals surface area contributed by atoms with Crippen LogP contribution in [0, 0.1) is 6.92 Å². The number of carbonyl (C=O) groups excluding carboxylic acids is 2. The average molecular weight is 392 g/mol. The average Bonchev–Trinajstić information content (AvgIpc) is 2.95. The van der Waals surface area contributed by atoms with Crippen LogP contribution in [-0.4, -0.2) is 33.3 Å². The van der Waals surface area contributed by atoms with Crippen LogP contribution in [0.4, 0.5) is 5.69 Å². The van der Waals surface area contributed by atoms with Crippen LogP contribution < -0.4 is 10.5 Å². The Morgan fingerprint density at radius 3 is 2.55 bits per heavy atom. The van der Waals surface area contributed by atoms with Crippen molar-refractivity contribution in [1.29, 1.82) is 0 Å². The maximum atomic E-state index is 12.6. The molecule has 0 saturated carbocycles. The van der Waals surface area contributed by atoms with Gasteiger partial charge in [0, 0.05) is 12.2 Å². The van der Waals surface area contributed by atoms with Crippen molar-refractivity contribution in [2.24, 2.45) is 0 Å². The highest BCUT2D eigenvalue weighted by Crippen LogP contribution is 2.43. The van der Waals surface area contributed by atoms with E-state index in [1.807, 2.05) is 47.9 Å². The molecule has 0 aliphatic carbocycles. The highest BCUT2D eigenvalue weighted by atomic mass is 16.5. The van der Waals surface area contributed by atoms with Crippen LogP contribution in [0.5, 0.6) is 5.75 Å². The number of fused-ring (bicyclic) bond motifs is 3. The molecule has 29 heavy (non-hydrogen) atoms. The van der Waals surface area contributed by atoms with Gasteiger partial charge < -0.3 is 20.1 Å². The van der Waals surface area contributed by atoms with Gasteiger partial charge in [0.1, 0.15) is 5.75 Å². The van der Waals surface area contributed by atoms with Crippen LogP contribution in [0.25, 0.3) is 10.9 Å². The molecule has 0 spiro atoms. The fourth-order valence-electron chi connectivity index (χ4n) is 3.98. The lowest BCUT2D eigenvalue weighted by Gasteiger charge is -2.23. The molecule has 1 aliphatic heterocycles. The molecule has 2 aromatic carbocycles. The SMILES string of the molecule is CCc1c(N)c2c3c(c(C)cc2n1Cc1ccccc1)C(=O)C(=O)C(C(=O)O)O3. The minimum Gasteiger partial charge on any atom is -0.478 e. The molecule has 0 saturated heterocycles. The van der Waals surface area contributed by atoms with Crippen LogP contribution in [0.3, 0.4) is 0 Å². The van der Waals surface area contributed by atoms with Crippen molar-refractivity contribution in [3.05, 3.63) is 58.8 Å². The number of rotatable bonds is 4. The minimum absolute atomic E-state index is 0.0796. The van der Waals surface area contributed by atoms with E-state index in [0.717, 1.165) is 16.8 Å². The number of nitrogens with zero attached hydrogens (tertiary/aromatic N) is 1. The van der Waals surface area contributed by atoms with Crippen molar-refractivity contribution in [3.8, 4) is 5.75 Å². The smallest absolute Gasteiger partial charge is 0.353 e. The van der Waals surface area contributed by atoms with Crippen LogP contribution in [-0.2, 0) is 22.6 Å². The lowest BCUT2D eigenvalue weighted by atomic mass is 9.93. The molecule has 1 aliphatic rings. The number of benzene rings is 2. The number of hydrogen-bond donors (Lipinski definition) is 2. The number of aryl methyl sites for hydroxylation is 1. The van der Waals surface area contributed by atoms with Crippen molar-refractivity contribution in [1.82, 2.24) is 4.57 Å². The van der Waals surface area contributed by atoms with E-state index in [2.05, 4.69) is 0 Å². The highest BCUT2D eigenvalue weighted by molar-refractivity contribution is 6.50. The molecule has 0 amide bonds. The predicted molar refractivity (Wildman–Crippen MR) is 107 cm³/mol. The zero-order valence-electron chi connectivity index (χ0n) is 16.1. The fraction of sp³-hybridized carbons (Fsp3) is 0.227. The predicted octanol–water partition coefficient (Wildman–Crippen LogP) is 2.74. The van der Waals surface area contributed by atoms with Crippen LogP contribution in [0.1, 0.15) is 34.1 Å². The first kappa shape index (κ1) is 18.7. The van der Waals surface area contributed by atoms with Gasteiger partial charge in [-0.05, 0) is 30.5 Å². The Kier molecular flexibility index (Phi) is 4.38. The van der Waals surface area contributed by atoms with E-state index in [4.69, 9.17) is 10.5 Å². The number of hydrogen-bond acceptors (Lipinski definition) is 5. The van der Waals surface area contributed by atoms with Crippen molar-refractivity contribution < 1.29 is 24.2 Å². The number of Topliss-reactive ketones (excluding diaryl/α,β-unsaturated/α-hetero) is 2. The number of aliphatic carboxylic acids is 1. The van der Waals surface area contributed by atoms with Crippen molar-refractivity contribution >= 4 is 34.1 Å². The normalized spacial score (nSPS) is 16.0. The number of anilines is 1. The molecule has 0 fully saturated rings. The van der Waals surface area contributed by atoms with Crippen molar-refractivity contribution in [3.63, 3.8) is 0 Å². The molecule has 7 heteroatoms. The summed E-state index contributed by atoms with van der Waals surface area (Å²) in [6, 6.07) is 11.7. The van der Waals surface area contributed by atoms with E-state index >= 15 is 0 Å². The molecule has 1 aromatic heterocycles. The number of aromatic nitrogens is 1. The Hall–Kier alpha value is -3.61. The van der Waals surface area contributed by atoms with E-state index in [1.54, 1.807) is 6.92 Å². The number of ether oxygens (including phenoxy) is 1. The third kappa shape index (κ3) is 2.77. The summed E-state index contributed by atoms with van der Waals surface area (Å²) in [6.07, 6.45) is -1.22. The van der Waals surface area contributed by atoms with Gasteiger partial charge in [0.05, 0.1) is 22.2 Å². The zero-order valence-corrected chi connectivity index (χ0v) is 16.1. The Bertz CT molecular complexity index is 1180. The first-order valence-electron chi connectivity index (χ1n) is 9.31. The van der Waals surface area contributed by atoms with Gasteiger partial charge in [-0.2, -0.15) is 0 Å². The number of nitrogen functional groups attached to an aromatic ring is 1. The van der Waals surface area contributed by atoms with Crippen LogP contribution in [0.2, 0.25) is 0 Å². The Morgan fingerprint density at radius 2 is 1.93 bits per heavy atom. The summed E-state index contributed by atoms with van der Waals surface area (Å²) >= 11 is 0. The van der Waals surface area contributed by atoms with Gasteiger partial charge in [-0.3, -0.25) is 9.59 Å². The molecule has 1 unspecified atom stereocenters. The van der Waals surface area contributed by atoms with Crippen LogP contribution in [0.15, 0.2) is 36.4 Å². The molecule has 0 bridgehead atoms. The summed E-state index contributed by atoms with van der Waals surface area (Å²) in [5.41, 5.74) is 10.2. The lowest BCUT2D eigenvalue weighted by Crippen LogP contribution is -2.44. The first-order valence-corrected chi connectivity index (χ1v) is 9.31. The maximum Gasteiger partial charge on any atom is 0.353 e. The second-order valence-corrected chi connectivity index (χ2v) is 7.11. The molecule has 4 rings (SSSR count).